The molecule has 1 unspecified atom stereocenters. The fraction of sp³-hybridized carbons (Fsp3) is 0.500. The van der Waals surface area contributed by atoms with Crippen molar-refractivity contribution in [3.63, 3.8) is 0 Å². The summed E-state index contributed by atoms with van der Waals surface area (Å²) in [4.78, 5) is 26.6. The summed E-state index contributed by atoms with van der Waals surface area (Å²) in [5.74, 6) is -1.05. The number of amides is 2. The Kier molecular flexibility index (Phi) is 7.81. The number of ether oxygens (including phenoxy) is 1. The molecular weight excluding hydrogens is 274 g/mol. The van der Waals surface area contributed by atoms with E-state index in [0.29, 0.717) is 32.4 Å². The lowest BCUT2D eigenvalue weighted by Gasteiger charge is -2.15. The molecule has 0 saturated heterocycles. The first-order valence-corrected chi connectivity index (χ1v) is 6.78. The van der Waals surface area contributed by atoms with E-state index in [1.165, 1.54) is 0 Å². The summed E-state index contributed by atoms with van der Waals surface area (Å²) >= 11 is 0. The molecular formula is C14H21N3O4. The Morgan fingerprint density at radius 3 is 2.71 bits per heavy atom. The van der Waals surface area contributed by atoms with Gasteiger partial charge in [-0.15, -0.1) is 0 Å². The number of carbonyl (C=O) groups excluding carboxylic acids is 1. The number of urea groups is 1. The number of aromatic nitrogens is 1. The standard InChI is InChI=1S/C14H21N3O4/c1-21-10-2-3-12(13(18)19)17-14(20)16-9-6-11-4-7-15-8-5-11/h4-5,7-8,12H,2-3,6,9-10H2,1H3,(H,18,19)(H2,16,17,20). The Morgan fingerprint density at radius 2 is 2.10 bits per heavy atom. The van der Waals surface area contributed by atoms with E-state index in [4.69, 9.17) is 9.84 Å². The third-order valence-electron chi connectivity index (χ3n) is 2.89. The van der Waals surface area contributed by atoms with E-state index < -0.39 is 18.0 Å². The van der Waals surface area contributed by atoms with Crippen molar-refractivity contribution >= 4 is 12.0 Å². The molecule has 2 amide bonds. The first-order chi connectivity index (χ1) is 10.1. The van der Waals surface area contributed by atoms with Crippen LogP contribution in [0.15, 0.2) is 24.5 Å². The van der Waals surface area contributed by atoms with Crippen LogP contribution in [-0.2, 0) is 16.0 Å². The molecule has 1 aromatic heterocycles. The molecule has 0 bridgehead atoms. The molecule has 116 valence electrons. The minimum absolute atomic E-state index is 0.334. The molecule has 0 spiro atoms. The quantitative estimate of drug-likeness (QED) is 0.585. The highest BCUT2D eigenvalue weighted by Gasteiger charge is 2.18. The number of hydrogen-bond acceptors (Lipinski definition) is 4. The molecule has 3 N–H and O–H groups in total. The maximum absolute atomic E-state index is 11.7. The second-order valence-corrected chi connectivity index (χ2v) is 4.53. The fourth-order valence-electron chi connectivity index (χ4n) is 1.77. The zero-order valence-corrected chi connectivity index (χ0v) is 12.0. The van der Waals surface area contributed by atoms with E-state index in [0.717, 1.165) is 5.56 Å². The minimum atomic E-state index is -1.05. The predicted molar refractivity (Wildman–Crippen MR) is 77.0 cm³/mol. The third-order valence-corrected chi connectivity index (χ3v) is 2.89. The smallest absolute Gasteiger partial charge is 0.326 e. The lowest BCUT2D eigenvalue weighted by atomic mass is 10.1. The number of hydrogen-bond donors (Lipinski definition) is 3. The van der Waals surface area contributed by atoms with E-state index >= 15 is 0 Å². The van der Waals surface area contributed by atoms with Crippen molar-refractivity contribution in [3.8, 4) is 0 Å². The average Bonchev–Trinajstić information content (AvgIpc) is 2.47. The van der Waals surface area contributed by atoms with Crippen molar-refractivity contribution in [2.75, 3.05) is 20.3 Å². The second-order valence-electron chi connectivity index (χ2n) is 4.53. The van der Waals surface area contributed by atoms with Crippen molar-refractivity contribution < 1.29 is 19.4 Å². The number of nitrogens with zero attached hydrogens (tertiary/aromatic N) is 1. The Labute approximate surface area is 123 Å². The van der Waals surface area contributed by atoms with E-state index in [1.54, 1.807) is 19.5 Å². The zero-order valence-electron chi connectivity index (χ0n) is 12.0. The number of aliphatic carboxylic acids is 1. The van der Waals surface area contributed by atoms with Gasteiger partial charge in [0.25, 0.3) is 0 Å². The van der Waals surface area contributed by atoms with Gasteiger partial charge in [-0.25, -0.2) is 9.59 Å². The highest BCUT2D eigenvalue weighted by Crippen LogP contribution is 1.99. The van der Waals surface area contributed by atoms with Crippen LogP contribution in [0, 0.1) is 0 Å². The molecule has 1 atom stereocenters. The van der Waals surface area contributed by atoms with Gasteiger partial charge in [0.2, 0.25) is 0 Å². The van der Waals surface area contributed by atoms with Crippen LogP contribution in [-0.4, -0.2) is 48.4 Å². The first-order valence-electron chi connectivity index (χ1n) is 6.78. The average molecular weight is 295 g/mol. The Hall–Kier alpha value is -2.15. The van der Waals surface area contributed by atoms with Gasteiger partial charge in [-0.2, -0.15) is 0 Å². The maximum atomic E-state index is 11.7. The largest absolute Gasteiger partial charge is 0.480 e. The molecule has 0 aliphatic carbocycles. The van der Waals surface area contributed by atoms with Gasteiger partial charge in [-0.05, 0) is 37.0 Å². The van der Waals surface area contributed by atoms with Gasteiger partial charge >= 0.3 is 12.0 Å². The first kappa shape index (κ1) is 16.9. The Balaban J connectivity index is 2.28. The summed E-state index contributed by atoms with van der Waals surface area (Å²) in [6, 6.07) is 2.35. The van der Waals surface area contributed by atoms with Gasteiger partial charge in [0, 0.05) is 32.7 Å². The normalized spacial score (nSPS) is 11.7. The van der Waals surface area contributed by atoms with Crippen LogP contribution >= 0.6 is 0 Å². The van der Waals surface area contributed by atoms with Crippen molar-refractivity contribution in [3.05, 3.63) is 30.1 Å². The molecule has 0 saturated carbocycles. The number of carbonyl (C=O) groups is 2. The Bertz CT molecular complexity index is 439. The highest BCUT2D eigenvalue weighted by molar-refractivity contribution is 5.82. The number of methoxy groups -OCH3 is 1. The summed E-state index contributed by atoms with van der Waals surface area (Å²) in [5.41, 5.74) is 1.06. The monoisotopic (exact) mass is 295 g/mol. The molecule has 21 heavy (non-hydrogen) atoms. The van der Waals surface area contributed by atoms with E-state index in [-0.39, 0.29) is 0 Å². The van der Waals surface area contributed by atoms with E-state index in [2.05, 4.69) is 15.6 Å². The second kappa shape index (κ2) is 9.71. The lowest BCUT2D eigenvalue weighted by Crippen LogP contribution is -2.46. The van der Waals surface area contributed by atoms with Crippen molar-refractivity contribution in [1.29, 1.82) is 0 Å². The SMILES string of the molecule is COCCCC(NC(=O)NCCc1ccncc1)C(=O)O. The molecule has 0 aliphatic heterocycles. The van der Waals surface area contributed by atoms with Gasteiger partial charge in [-0.1, -0.05) is 0 Å². The molecule has 1 rings (SSSR count). The molecule has 1 aromatic rings. The van der Waals surface area contributed by atoms with Crippen LogP contribution in [0.1, 0.15) is 18.4 Å². The number of carboxylic acid groups (broad SMARTS) is 1. The molecule has 0 radical (unpaired) electrons. The van der Waals surface area contributed by atoms with Crippen LogP contribution in [0.5, 0.6) is 0 Å². The number of rotatable bonds is 9. The molecule has 0 aliphatic rings. The molecule has 0 aromatic carbocycles. The van der Waals surface area contributed by atoms with Crippen LogP contribution < -0.4 is 10.6 Å². The number of pyridine rings is 1. The van der Waals surface area contributed by atoms with Crippen molar-refractivity contribution in [2.45, 2.75) is 25.3 Å². The molecule has 0 fully saturated rings. The van der Waals surface area contributed by atoms with Crippen LogP contribution in [0.2, 0.25) is 0 Å². The van der Waals surface area contributed by atoms with Crippen molar-refractivity contribution in [1.82, 2.24) is 15.6 Å². The van der Waals surface area contributed by atoms with Gasteiger partial charge in [0.15, 0.2) is 0 Å². The van der Waals surface area contributed by atoms with Gasteiger partial charge < -0.3 is 20.5 Å². The van der Waals surface area contributed by atoms with Gasteiger partial charge in [0.1, 0.15) is 6.04 Å². The number of carboxylic acids is 1. The van der Waals surface area contributed by atoms with E-state index in [1.807, 2.05) is 12.1 Å². The molecule has 7 nitrogen and oxygen atoms in total. The molecule has 7 heteroatoms. The van der Waals surface area contributed by atoms with Crippen molar-refractivity contribution in [2.24, 2.45) is 0 Å². The summed E-state index contributed by atoms with van der Waals surface area (Å²) in [6.07, 6.45) is 4.94. The van der Waals surface area contributed by atoms with Gasteiger partial charge in [-0.3, -0.25) is 4.98 Å². The van der Waals surface area contributed by atoms with Crippen LogP contribution in [0.4, 0.5) is 4.79 Å². The number of nitrogens with one attached hydrogen (secondary N) is 2. The summed E-state index contributed by atoms with van der Waals surface area (Å²) in [7, 11) is 1.55. The summed E-state index contributed by atoms with van der Waals surface area (Å²) in [5, 5.41) is 14.1. The summed E-state index contributed by atoms with van der Waals surface area (Å²) in [6.45, 7) is 0.898. The highest BCUT2D eigenvalue weighted by atomic mass is 16.5. The summed E-state index contributed by atoms with van der Waals surface area (Å²) < 4.78 is 4.86. The lowest BCUT2D eigenvalue weighted by molar-refractivity contribution is -0.139. The fourth-order valence-corrected chi connectivity index (χ4v) is 1.77. The van der Waals surface area contributed by atoms with Crippen LogP contribution in [0.25, 0.3) is 0 Å². The Morgan fingerprint density at radius 1 is 1.38 bits per heavy atom. The predicted octanol–water partition coefficient (Wildman–Crippen LogP) is 0.803. The maximum Gasteiger partial charge on any atom is 0.326 e. The van der Waals surface area contributed by atoms with Gasteiger partial charge in [0.05, 0.1) is 0 Å². The molecule has 1 heterocycles. The van der Waals surface area contributed by atoms with E-state index in [9.17, 15) is 9.59 Å². The zero-order chi connectivity index (χ0) is 15.5. The van der Waals surface area contributed by atoms with Crippen LogP contribution in [0.3, 0.4) is 0 Å². The topological polar surface area (TPSA) is 101 Å². The minimum Gasteiger partial charge on any atom is -0.480 e. The third kappa shape index (κ3) is 7.26.